The quantitative estimate of drug-likeness (QED) is 0.626. The minimum atomic E-state index is -0.146. The average molecular weight is 421 g/mol. The number of rotatable bonds is 7. The fourth-order valence-corrected chi connectivity index (χ4v) is 5.77. The summed E-state index contributed by atoms with van der Waals surface area (Å²) in [6, 6.07) is 4.37. The predicted molar refractivity (Wildman–Crippen MR) is 108 cm³/mol. The van der Waals surface area contributed by atoms with Crippen LogP contribution >= 0.6 is 11.3 Å². The molecular weight excluding hydrogens is 390 g/mol. The number of carbonyl (C=O) groups excluding carboxylic acids is 3. The fraction of sp³-hybridized carbons (Fsp3) is 0.667. The van der Waals surface area contributed by atoms with Gasteiger partial charge < -0.3 is 15.0 Å². The Labute approximate surface area is 175 Å². The molecule has 0 unspecified atom stereocenters. The van der Waals surface area contributed by atoms with Crippen LogP contribution < -0.4 is 10.2 Å². The molecule has 0 radical (unpaired) electrons. The molecule has 3 aliphatic rings. The summed E-state index contributed by atoms with van der Waals surface area (Å²) in [6.07, 6.45) is 3.82. The third kappa shape index (κ3) is 4.54. The van der Waals surface area contributed by atoms with Crippen LogP contribution in [0.5, 0.6) is 0 Å². The van der Waals surface area contributed by atoms with E-state index in [-0.39, 0.29) is 48.6 Å². The molecule has 8 heteroatoms. The van der Waals surface area contributed by atoms with Crippen molar-refractivity contribution in [1.82, 2.24) is 10.2 Å². The number of hydrogen-bond acceptors (Lipinski definition) is 5. The van der Waals surface area contributed by atoms with Crippen molar-refractivity contribution in [1.29, 1.82) is 0 Å². The van der Waals surface area contributed by atoms with Crippen molar-refractivity contribution >= 4 is 29.1 Å². The first-order chi connectivity index (χ1) is 14.1. The summed E-state index contributed by atoms with van der Waals surface area (Å²) in [5.74, 6) is -0.530. The highest BCUT2D eigenvalue weighted by atomic mass is 32.1. The number of amides is 3. The zero-order chi connectivity index (χ0) is 20.2. The van der Waals surface area contributed by atoms with E-state index < -0.39 is 0 Å². The second-order valence-electron chi connectivity index (χ2n) is 8.22. The molecule has 2 saturated heterocycles. The monoisotopic (exact) mass is 420 g/mol. The molecule has 1 aromatic rings. The van der Waals surface area contributed by atoms with Crippen LogP contribution in [0.25, 0.3) is 0 Å². The Morgan fingerprint density at radius 1 is 1.21 bits per heavy atom. The Hall–Kier alpha value is -1.77. The molecule has 1 aliphatic carbocycles. The molecule has 158 valence electrons. The van der Waals surface area contributed by atoms with Gasteiger partial charge in [0.25, 0.3) is 0 Å². The number of nitrogens with one attached hydrogen (secondary N) is 2. The molecule has 3 amide bonds. The molecule has 29 heavy (non-hydrogen) atoms. The van der Waals surface area contributed by atoms with E-state index in [1.54, 1.807) is 11.3 Å². The lowest BCUT2D eigenvalue weighted by molar-refractivity contribution is -0.937. The van der Waals surface area contributed by atoms with Crippen LogP contribution in [0.1, 0.15) is 43.0 Å². The maximum Gasteiger partial charge on any atom is 0.233 e. The number of ether oxygens (including phenoxy) is 1. The Morgan fingerprint density at radius 3 is 2.52 bits per heavy atom. The van der Waals surface area contributed by atoms with Crippen molar-refractivity contribution < 1.29 is 24.0 Å². The van der Waals surface area contributed by atoms with E-state index in [2.05, 4.69) is 16.8 Å². The smallest absolute Gasteiger partial charge is 0.233 e. The highest BCUT2D eigenvalue weighted by Crippen LogP contribution is 2.37. The second-order valence-corrected chi connectivity index (χ2v) is 9.20. The molecule has 0 spiro atoms. The Balaban J connectivity index is 1.29. The summed E-state index contributed by atoms with van der Waals surface area (Å²) >= 11 is 1.71. The molecule has 0 bridgehead atoms. The number of hydrogen-bond donors (Lipinski definition) is 2. The molecule has 4 rings (SSSR count). The molecule has 0 aromatic carbocycles. The normalized spacial score (nSPS) is 26.4. The zero-order valence-electron chi connectivity index (χ0n) is 16.7. The predicted octanol–water partition coefficient (Wildman–Crippen LogP) is 0.386. The number of likely N-dealkylation sites (tertiary alicyclic amines) is 1. The number of quaternary nitrogens is 1. The first kappa shape index (κ1) is 20.5. The van der Waals surface area contributed by atoms with E-state index in [0.29, 0.717) is 6.54 Å². The molecule has 2 aliphatic heterocycles. The summed E-state index contributed by atoms with van der Waals surface area (Å²) in [5, 5.41) is 5.11. The van der Waals surface area contributed by atoms with Gasteiger partial charge in [-0.1, -0.05) is 18.9 Å². The van der Waals surface area contributed by atoms with Crippen molar-refractivity contribution in [3.8, 4) is 0 Å². The SMILES string of the molecule is O=C(CCN1C(=O)[C@H]2CCCC[C@@H]2C1=O)NC[C@@H](c1cccs1)[NH+]1CCOCC1. The summed E-state index contributed by atoms with van der Waals surface area (Å²) in [6.45, 7) is 4.10. The average Bonchev–Trinajstić information content (AvgIpc) is 3.36. The summed E-state index contributed by atoms with van der Waals surface area (Å²) in [4.78, 5) is 41.6. The van der Waals surface area contributed by atoms with E-state index in [4.69, 9.17) is 4.74 Å². The summed E-state index contributed by atoms with van der Waals surface area (Å²) in [5.41, 5.74) is 0. The molecule has 2 N–H and O–H groups in total. The molecule has 3 atom stereocenters. The van der Waals surface area contributed by atoms with E-state index in [1.165, 1.54) is 14.7 Å². The molecule has 7 nitrogen and oxygen atoms in total. The number of nitrogens with zero attached hydrogens (tertiary/aromatic N) is 1. The minimum absolute atomic E-state index is 0.0678. The minimum Gasteiger partial charge on any atom is -0.370 e. The third-order valence-electron chi connectivity index (χ3n) is 6.51. The van der Waals surface area contributed by atoms with Gasteiger partial charge >= 0.3 is 0 Å². The Morgan fingerprint density at radius 2 is 1.90 bits per heavy atom. The van der Waals surface area contributed by atoms with Gasteiger partial charge in [0.15, 0.2) is 0 Å². The number of fused-ring (bicyclic) bond motifs is 1. The number of imide groups is 1. The standard InChI is InChI=1S/C21H29N3O4S/c25-19(7-8-24-20(26)15-4-1-2-5-16(15)21(24)27)22-14-17(18-6-3-13-29-18)23-9-11-28-12-10-23/h3,6,13,15-17H,1-2,4-5,7-12,14H2,(H,22,25)/p+1/t15-,16-,17-/m0/s1. The van der Waals surface area contributed by atoms with E-state index >= 15 is 0 Å². The number of morpholine rings is 1. The van der Waals surface area contributed by atoms with Crippen molar-refractivity contribution in [2.75, 3.05) is 39.4 Å². The van der Waals surface area contributed by atoms with Gasteiger partial charge in [0.2, 0.25) is 17.7 Å². The zero-order valence-corrected chi connectivity index (χ0v) is 17.5. The largest absolute Gasteiger partial charge is 0.370 e. The maximum atomic E-state index is 12.6. The topological polar surface area (TPSA) is 80.2 Å². The van der Waals surface area contributed by atoms with Crippen LogP contribution in [-0.2, 0) is 19.1 Å². The van der Waals surface area contributed by atoms with Gasteiger partial charge in [-0.05, 0) is 24.3 Å². The Bertz CT molecular complexity index is 708. The highest BCUT2D eigenvalue weighted by molar-refractivity contribution is 7.10. The van der Waals surface area contributed by atoms with Gasteiger partial charge in [-0.15, -0.1) is 11.3 Å². The van der Waals surface area contributed by atoms with Gasteiger partial charge in [0.05, 0.1) is 36.5 Å². The van der Waals surface area contributed by atoms with Gasteiger partial charge in [-0.25, -0.2) is 0 Å². The molecule has 3 fully saturated rings. The summed E-state index contributed by atoms with van der Waals surface area (Å²) < 4.78 is 5.47. The van der Waals surface area contributed by atoms with Gasteiger partial charge in [-0.3, -0.25) is 19.3 Å². The fourth-order valence-electron chi connectivity index (χ4n) is 4.89. The molecule has 3 heterocycles. The van der Waals surface area contributed by atoms with Crippen molar-refractivity contribution in [2.45, 2.75) is 38.1 Å². The van der Waals surface area contributed by atoms with Gasteiger partial charge in [0, 0.05) is 13.0 Å². The highest BCUT2D eigenvalue weighted by Gasteiger charge is 2.47. The Kier molecular flexibility index (Phi) is 6.62. The first-order valence-corrected chi connectivity index (χ1v) is 11.6. The lowest BCUT2D eigenvalue weighted by atomic mass is 9.81. The van der Waals surface area contributed by atoms with Crippen molar-refractivity contribution in [3.63, 3.8) is 0 Å². The van der Waals surface area contributed by atoms with Crippen LogP contribution in [-0.4, -0.2) is 62.0 Å². The van der Waals surface area contributed by atoms with E-state index in [1.807, 2.05) is 6.07 Å². The van der Waals surface area contributed by atoms with Gasteiger partial charge in [0.1, 0.15) is 19.1 Å². The van der Waals surface area contributed by atoms with Gasteiger partial charge in [-0.2, -0.15) is 0 Å². The molecule has 1 saturated carbocycles. The first-order valence-electron chi connectivity index (χ1n) is 10.7. The second kappa shape index (κ2) is 9.36. The van der Waals surface area contributed by atoms with Crippen molar-refractivity contribution in [3.05, 3.63) is 22.4 Å². The van der Waals surface area contributed by atoms with E-state index in [9.17, 15) is 14.4 Å². The number of thiophene rings is 1. The van der Waals surface area contributed by atoms with Crippen LogP contribution in [0.15, 0.2) is 17.5 Å². The van der Waals surface area contributed by atoms with E-state index in [0.717, 1.165) is 52.0 Å². The van der Waals surface area contributed by atoms with Crippen LogP contribution in [0.2, 0.25) is 0 Å². The number of carbonyl (C=O) groups is 3. The van der Waals surface area contributed by atoms with Crippen molar-refractivity contribution in [2.24, 2.45) is 11.8 Å². The lowest BCUT2D eigenvalue weighted by Gasteiger charge is -2.31. The molecule has 1 aromatic heterocycles. The van der Waals surface area contributed by atoms with Crippen LogP contribution in [0, 0.1) is 11.8 Å². The summed E-state index contributed by atoms with van der Waals surface area (Å²) in [7, 11) is 0. The third-order valence-corrected chi connectivity index (χ3v) is 7.50. The van der Waals surface area contributed by atoms with Crippen LogP contribution in [0.3, 0.4) is 0 Å². The van der Waals surface area contributed by atoms with Crippen LogP contribution in [0.4, 0.5) is 0 Å². The maximum absolute atomic E-state index is 12.6. The molecular formula is C21H30N3O4S+. The lowest BCUT2D eigenvalue weighted by Crippen LogP contribution is -3.15.